The number of nitro groups is 1. The summed E-state index contributed by atoms with van der Waals surface area (Å²) in [5, 5.41) is 11.5. The summed E-state index contributed by atoms with van der Waals surface area (Å²) in [7, 11) is -3.56. The summed E-state index contributed by atoms with van der Waals surface area (Å²) in [6, 6.07) is 8.90. The largest absolute Gasteiger partial charge is 0.454 e. The summed E-state index contributed by atoms with van der Waals surface area (Å²) in [5.74, 6) is 0.970. The quantitative estimate of drug-likeness (QED) is 0.528. The third-order valence-corrected chi connectivity index (χ3v) is 6.21. The molecule has 2 aromatic rings. The van der Waals surface area contributed by atoms with Crippen molar-refractivity contribution in [3.63, 3.8) is 0 Å². The van der Waals surface area contributed by atoms with Crippen LogP contribution in [0.2, 0.25) is 0 Å². The van der Waals surface area contributed by atoms with Crippen LogP contribution in [0.1, 0.15) is 10.4 Å². The van der Waals surface area contributed by atoms with Crippen LogP contribution < -0.4 is 14.4 Å². The van der Waals surface area contributed by atoms with E-state index in [1.54, 1.807) is 28.0 Å². The Hall–Kier alpha value is -3.34. The maximum absolute atomic E-state index is 12.8. The summed E-state index contributed by atoms with van der Waals surface area (Å²) in [4.78, 5) is 27.1. The van der Waals surface area contributed by atoms with E-state index in [0.717, 1.165) is 12.3 Å². The van der Waals surface area contributed by atoms with E-state index in [1.807, 2.05) is 0 Å². The number of nitrogens with zero attached hydrogens (tertiary/aromatic N) is 3. The lowest BCUT2D eigenvalue weighted by atomic mass is 10.1. The van der Waals surface area contributed by atoms with Crippen molar-refractivity contribution in [2.45, 2.75) is 4.90 Å². The van der Waals surface area contributed by atoms with Crippen molar-refractivity contribution in [2.75, 3.05) is 44.1 Å². The van der Waals surface area contributed by atoms with Gasteiger partial charge in [-0.25, -0.2) is 8.42 Å². The second kappa shape index (κ2) is 7.48. The molecule has 0 spiro atoms. The Morgan fingerprint density at radius 3 is 2.40 bits per heavy atom. The smallest absolute Gasteiger partial charge is 0.293 e. The average Bonchev–Trinajstić information content (AvgIpc) is 3.20. The lowest BCUT2D eigenvalue weighted by Gasteiger charge is -2.35. The molecule has 0 unspecified atom stereocenters. The van der Waals surface area contributed by atoms with Crippen LogP contribution in [0.15, 0.2) is 41.3 Å². The number of rotatable bonds is 4. The zero-order chi connectivity index (χ0) is 21.5. The number of ether oxygens (including phenoxy) is 2. The van der Waals surface area contributed by atoms with Gasteiger partial charge in [0.05, 0.1) is 9.82 Å². The van der Waals surface area contributed by atoms with E-state index in [2.05, 4.69) is 0 Å². The Bertz CT molecular complexity index is 1120. The standard InChI is InChI=1S/C19H19N3O7S/c1-30(26,27)14-3-4-15(16(11-14)22(24)25)20-6-8-21(9-7-20)19(23)13-2-5-17-18(10-13)29-12-28-17/h2-5,10-11H,6-9,12H2,1H3. The number of carbonyl (C=O) groups excluding carboxylic acids is 1. The number of fused-ring (bicyclic) bond motifs is 1. The third-order valence-electron chi connectivity index (χ3n) is 5.10. The monoisotopic (exact) mass is 433 g/mol. The Morgan fingerprint density at radius 1 is 1.03 bits per heavy atom. The van der Waals surface area contributed by atoms with E-state index in [1.165, 1.54) is 12.1 Å². The van der Waals surface area contributed by atoms with Crippen molar-refractivity contribution in [3.05, 3.63) is 52.1 Å². The Kier molecular flexibility index (Phi) is 4.98. The normalized spacial score (nSPS) is 15.9. The number of hydrogen-bond acceptors (Lipinski definition) is 8. The van der Waals surface area contributed by atoms with Crippen LogP contribution >= 0.6 is 0 Å². The van der Waals surface area contributed by atoms with E-state index in [0.29, 0.717) is 48.9 Å². The molecule has 2 aromatic carbocycles. The van der Waals surface area contributed by atoms with Gasteiger partial charge in [0.25, 0.3) is 11.6 Å². The predicted molar refractivity (Wildman–Crippen MR) is 107 cm³/mol. The Balaban J connectivity index is 1.49. The van der Waals surface area contributed by atoms with Gasteiger partial charge in [-0.3, -0.25) is 14.9 Å². The van der Waals surface area contributed by atoms with Crippen molar-refractivity contribution in [3.8, 4) is 11.5 Å². The molecule has 0 bridgehead atoms. The molecule has 0 aliphatic carbocycles. The number of nitro benzene ring substituents is 1. The maximum Gasteiger partial charge on any atom is 0.293 e. The van der Waals surface area contributed by atoms with E-state index < -0.39 is 14.8 Å². The minimum atomic E-state index is -3.56. The van der Waals surface area contributed by atoms with E-state index in [-0.39, 0.29) is 23.3 Å². The third kappa shape index (κ3) is 3.75. The van der Waals surface area contributed by atoms with Gasteiger partial charge in [-0.05, 0) is 30.3 Å². The van der Waals surface area contributed by atoms with Crippen molar-refractivity contribution in [2.24, 2.45) is 0 Å². The van der Waals surface area contributed by atoms with Gasteiger partial charge in [-0.1, -0.05) is 0 Å². The van der Waals surface area contributed by atoms with Crippen LogP contribution in [-0.4, -0.2) is 63.4 Å². The fourth-order valence-electron chi connectivity index (χ4n) is 3.51. The highest BCUT2D eigenvalue weighted by Gasteiger charge is 2.28. The van der Waals surface area contributed by atoms with Crippen LogP contribution in [-0.2, 0) is 9.84 Å². The van der Waals surface area contributed by atoms with E-state index in [4.69, 9.17) is 9.47 Å². The molecule has 4 rings (SSSR count). The summed E-state index contributed by atoms with van der Waals surface area (Å²) >= 11 is 0. The van der Waals surface area contributed by atoms with E-state index >= 15 is 0 Å². The van der Waals surface area contributed by atoms with Gasteiger partial charge in [0.15, 0.2) is 21.3 Å². The van der Waals surface area contributed by atoms with Crippen LogP contribution in [0.25, 0.3) is 0 Å². The molecular weight excluding hydrogens is 414 g/mol. The van der Waals surface area contributed by atoms with Crippen LogP contribution in [0.4, 0.5) is 11.4 Å². The second-order valence-corrected chi connectivity index (χ2v) is 9.04. The molecule has 2 aliphatic rings. The van der Waals surface area contributed by atoms with E-state index in [9.17, 15) is 23.3 Å². The Morgan fingerprint density at radius 2 is 1.73 bits per heavy atom. The molecule has 11 heteroatoms. The topological polar surface area (TPSA) is 119 Å². The SMILES string of the molecule is CS(=O)(=O)c1ccc(N2CCN(C(=O)c3ccc4c(c3)OCO4)CC2)c([N+](=O)[O-])c1. The molecule has 0 saturated carbocycles. The number of benzene rings is 2. The van der Waals surface area contributed by atoms with Gasteiger partial charge in [0, 0.05) is 44.1 Å². The lowest BCUT2D eigenvalue weighted by molar-refractivity contribution is -0.384. The molecule has 0 atom stereocenters. The molecule has 0 radical (unpaired) electrons. The molecule has 2 heterocycles. The van der Waals surface area contributed by atoms with Crippen LogP contribution in [0, 0.1) is 10.1 Å². The first-order chi connectivity index (χ1) is 14.2. The second-order valence-electron chi connectivity index (χ2n) is 7.03. The summed E-state index contributed by atoms with van der Waals surface area (Å²) in [6.07, 6.45) is 1.01. The number of hydrogen-bond donors (Lipinski definition) is 0. The summed E-state index contributed by atoms with van der Waals surface area (Å²) in [5.41, 5.74) is 0.548. The fourth-order valence-corrected chi connectivity index (χ4v) is 4.15. The molecule has 1 amide bonds. The first-order valence-electron chi connectivity index (χ1n) is 9.16. The molecule has 2 aliphatic heterocycles. The van der Waals surface area contributed by atoms with Gasteiger partial charge >= 0.3 is 0 Å². The molecular formula is C19H19N3O7S. The molecule has 1 saturated heterocycles. The minimum absolute atomic E-state index is 0.102. The van der Waals surface area contributed by atoms with Crippen molar-refractivity contribution in [1.82, 2.24) is 4.90 Å². The highest BCUT2D eigenvalue weighted by Crippen LogP contribution is 2.34. The number of carbonyl (C=O) groups is 1. The molecule has 30 heavy (non-hydrogen) atoms. The predicted octanol–water partition coefficient (Wildman–Crippen LogP) is 1.69. The fraction of sp³-hybridized carbons (Fsp3) is 0.316. The van der Waals surface area contributed by atoms with Gasteiger partial charge in [-0.2, -0.15) is 0 Å². The first-order valence-corrected chi connectivity index (χ1v) is 11.1. The van der Waals surface area contributed by atoms with Crippen molar-refractivity contribution < 1.29 is 27.6 Å². The van der Waals surface area contributed by atoms with Crippen molar-refractivity contribution in [1.29, 1.82) is 0 Å². The van der Waals surface area contributed by atoms with Crippen LogP contribution in [0.3, 0.4) is 0 Å². The molecule has 10 nitrogen and oxygen atoms in total. The number of amides is 1. The van der Waals surface area contributed by atoms with Crippen molar-refractivity contribution >= 4 is 27.1 Å². The minimum Gasteiger partial charge on any atom is -0.454 e. The van der Waals surface area contributed by atoms with Gasteiger partial charge in [0.1, 0.15) is 5.69 Å². The first kappa shape index (κ1) is 20.0. The van der Waals surface area contributed by atoms with Gasteiger partial charge in [0.2, 0.25) is 6.79 Å². The number of anilines is 1. The van der Waals surface area contributed by atoms with Gasteiger partial charge in [-0.15, -0.1) is 0 Å². The lowest BCUT2D eigenvalue weighted by Crippen LogP contribution is -2.49. The molecule has 0 N–H and O–H groups in total. The zero-order valence-corrected chi connectivity index (χ0v) is 16.9. The molecule has 0 aromatic heterocycles. The number of piperazine rings is 1. The molecule has 1 fully saturated rings. The Labute approximate surface area is 172 Å². The number of sulfone groups is 1. The van der Waals surface area contributed by atoms with Crippen LogP contribution in [0.5, 0.6) is 11.5 Å². The highest BCUT2D eigenvalue weighted by atomic mass is 32.2. The maximum atomic E-state index is 12.8. The molecule has 158 valence electrons. The van der Waals surface area contributed by atoms with Gasteiger partial charge < -0.3 is 19.3 Å². The average molecular weight is 433 g/mol. The highest BCUT2D eigenvalue weighted by molar-refractivity contribution is 7.90. The summed E-state index contributed by atoms with van der Waals surface area (Å²) < 4.78 is 34.0. The summed E-state index contributed by atoms with van der Waals surface area (Å²) in [6.45, 7) is 1.64. The zero-order valence-electron chi connectivity index (χ0n) is 16.1.